The molecule has 1 atom stereocenters. The topological polar surface area (TPSA) is 65.5 Å². The standard InChI is InChI=1S/C20H25N3O2/c1-15-8-18(12-21-10-15)20(25)22-11-17-5-3-7-23(14-17)13-16-4-2-6-19(24)9-16/h2,4,6,8-10,12,17,24H,3,5,7,11,13-14H2,1H3,(H,22,25)/t17-/m0/s1. The molecular formula is C20H25N3O2. The highest BCUT2D eigenvalue weighted by molar-refractivity contribution is 5.93. The van der Waals surface area contributed by atoms with Crippen LogP contribution in [0.1, 0.15) is 34.3 Å². The minimum Gasteiger partial charge on any atom is -0.508 e. The van der Waals surface area contributed by atoms with E-state index in [1.807, 2.05) is 31.2 Å². The zero-order valence-corrected chi connectivity index (χ0v) is 14.6. The summed E-state index contributed by atoms with van der Waals surface area (Å²) in [5.74, 6) is 0.708. The number of pyridine rings is 1. The van der Waals surface area contributed by atoms with Crippen LogP contribution in [-0.4, -0.2) is 40.5 Å². The fourth-order valence-corrected chi connectivity index (χ4v) is 3.39. The number of nitrogens with one attached hydrogen (secondary N) is 1. The molecule has 1 fully saturated rings. The van der Waals surface area contributed by atoms with Gasteiger partial charge in [0, 0.05) is 32.0 Å². The van der Waals surface area contributed by atoms with E-state index >= 15 is 0 Å². The molecule has 3 rings (SSSR count). The number of carbonyl (C=O) groups excluding carboxylic acids is 1. The second-order valence-electron chi connectivity index (χ2n) is 6.87. The highest BCUT2D eigenvalue weighted by Gasteiger charge is 2.21. The Labute approximate surface area is 148 Å². The van der Waals surface area contributed by atoms with Gasteiger partial charge in [0.25, 0.3) is 5.91 Å². The monoisotopic (exact) mass is 339 g/mol. The maximum absolute atomic E-state index is 12.3. The van der Waals surface area contributed by atoms with Gasteiger partial charge < -0.3 is 10.4 Å². The Morgan fingerprint density at radius 2 is 2.24 bits per heavy atom. The van der Waals surface area contributed by atoms with Gasteiger partial charge in [-0.05, 0) is 61.6 Å². The number of nitrogens with zero attached hydrogens (tertiary/aromatic N) is 2. The number of aryl methyl sites for hydroxylation is 1. The number of hydrogen-bond acceptors (Lipinski definition) is 4. The molecule has 1 amide bonds. The van der Waals surface area contributed by atoms with E-state index in [1.54, 1.807) is 18.5 Å². The Kier molecular flexibility index (Phi) is 5.66. The quantitative estimate of drug-likeness (QED) is 0.879. The number of likely N-dealkylation sites (tertiary alicyclic amines) is 1. The molecule has 1 aliphatic heterocycles. The van der Waals surface area contributed by atoms with Crippen LogP contribution in [0.4, 0.5) is 0 Å². The summed E-state index contributed by atoms with van der Waals surface area (Å²) >= 11 is 0. The van der Waals surface area contributed by atoms with Crippen LogP contribution < -0.4 is 5.32 Å². The van der Waals surface area contributed by atoms with Crippen molar-refractivity contribution in [3.8, 4) is 5.75 Å². The first-order valence-electron chi connectivity index (χ1n) is 8.80. The van der Waals surface area contributed by atoms with Crippen molar-refractivity contribution < 1.29 is 9.90 Å². The molecule has 2 aromatic rings. The first-order valence-corrected chi connectivity index (χ1v) is 8.80. The molecule has 0 aliphatic carbocycles. The molecule has 0 saturated carbocycles. The minimum atomic E-state index is -0.0543. The van der Waals surface area contributed by atoms with E-state index in [0.717, 1.165) is 43.6 Å². The molecule has 1 aliphatic rings. The highest BCUT2D eigenvalue weighted by atomic mass is 16.3. The second-order valence-corrected chi connectivity index (χ2v) is 6.87. The Balaban J connectivity index is 1.50. The van der Waals surface area contributed by atoms with Crippen LogP contribution in [0.15, 0.2) is 42.7 Å². The summed E-state index contributed by atoms with van der Waals surface area (Å²) in [6, 6.07) is 9.28. The average molecular weight is 339 g/mol. The zero-order chi connectivity index (χ0) is 17.6. The SMILES string of the molecule is Cc1cncc(C(=O)NC[C@@H]2CCCN(Cc3cccc(O)c3)C2)c1. The molecule has 1 saturated heterocycles. The van der Waals surface area contributed by atoms with E-state index in [0.29, 0.717) is 23.8 Å². The summed E-state index contributed by atoms with van der Waals surface area (Å²) in [5, 5.41) is 12.6. The maximum atomic E-state index is 12.3. The predicted octanol–water partition coefficient (Wildman–Crippen LogP) is 2.74. The third-order valence-corrected chi connectivity index (χ3v) is 4.61. The third-order valence-electron chi connectivity index (χ3n) is 4.61. The number of phenols is 1. The van der Waals surface area contributed by atoms with Crippen LogP contribution in [0, 0.1) is 12.8 Å². The molecule has 0 radical (unpaired) electrons. The van der Waals surface area contributed by atoms with Crippen molar-refractivity contribution in [1.82, 2.24) is 15.2 Å². The molecule has 0 bridgehead atoms. The molecule has 1 aromatic carbocycles. The van der Waals surface area contributed by atoms with Crippen LogP contribution in [0.5, 0.6) is 5.75 Å². The van der Waals surface area contributed by atoms with Gasteiger partial charge in [-0.3, -0.25) is 14.7 Å². The third kappa shape index (κ3) is 5.03. The van der Waals surface area contributed by atoms with Crippen molar-refractivity contribution >= 4 is 5.91 Å². The van der Waals surface area contributed by atoms with Crippen LogP contribution in [0.25, 0.3) is 0 Å². The lowest BCUT2D eigenvalue weighted by atomic mass is 9.97. The van der Waals surface area contributed by atoms with Crippen LogP contribution in [-0.2, 0) is 6.54 Å². The normalized spacial score (nSPS) is 18.0. The molecule has 25 heavy (non-hydrogen) atoms. The number of amides is 1. The molecule has 5 heteroatoms. The molecule has 5 nitrogen and oxygen atoms in total. The first-order chi connectivity index (χ1) is 12.1. The van der Waals surface area contributed by atoms with Crippen molar-refractivity contribution in [1.29, 1.82) is 0 Å². The van der Waals surface area contributed by atoms with Gasteiger partial charge in [0.15, 0.2) is 0 Å². The van der Waals surface area contributed by atoms with E-state index in [-0.39, 0.29) is 5.91 Å². The molecule has 0 unspecified atom stereocenters. The van der Waals surface area contributed by atoms with Crippen molar-refractivity contribution in [2.45, 2.75) is 26.3 Å². The second kappa shape index (κ2) is 8.12. The lowest BCUT2D eigenvalue weighted by molar-refractivity contribution is 0.0930. The van der Waals surface area contributed by atoms with Crippen molar-refractivity contribution in [2.75, 3.05) is 19.6 Å². The lowest BCUT2D eigenvalue weighted by Crippen LogP contribution is -2.40. The maximum Gasteiger partial charge on any atom is 0.252 e. The van der Waals surface area contributed by atoms with Gasteiger partial charge in [0.05, 0.1) is 5.56 Å². The van der Waals surface area contributed by atoms with Gasteiger partial charge >= 0.3 is 0 Å². The number of aromatic nitrogens is 1. The lowest BCUT2D eigenvalue weighted by Gasteiger charge is -2.32. The van der Waals surface area contributed by atoms with E-state index in [4.69, 9.17) is 0 Å². The molecule has 1 aromatic heterocycles. The van der Waals surface area contributed by atoms with Gasteiger partial charge in [0.1, 0.15) is 5.75 Å². The summed E-state index contributed by atoms with van der Waals surface area (Å²) in [5.41, 5.74) is 2.73. The minimum absolute atomic E-state index is 0.0543. The van der Waals surface area contributed by atoms with Crippen molar-refractivity contribution in [3.63, 3.8) is 0 Å². The van der Waals surface area contributed by atoms with Gasteiger partial charge in [0.2, 0.25) is 0 Å². The zero-order valence-electron chi connectivity index (χ0n) is 14.6. The summed E-state index contributed by atoms with van der Waals surface area (Å²) < 4.78 is 0. The number of phenolic OH excluding ortho intramolecular Hbond substituents is 1. The first kappa shape index (κ1) is 17.4. The number of benzene rings is 1. The summed E-state index contributed by atoms with van der Waals surface area (Å²) in [6.07, 6.45) is 5.61. The van der Waals surface area contributed by atoms with E-state index < -0.39 is 0 Å². The summed E-state index contributed by atoms with van der Waals surface area (Å²) in [4.78, 5) is 18.7. The van der Waals surface area contributed by atoms with E-state index in [2.05, 4.69) is 15.2 Å². The Hall–Kier alpha value is -2.40. The molecule has 0 spiro atoms. The Morgan fingerprint density at radius 1 is 1.36 bits per heavy atom. The number of piperidine rings is 1. The number of carbonyl (C=O) groups is 1. The Morgan fingerprint density at radius 3 is 3.04 bits per heavy atom. The molecule has 2 heterocycles. The highest BCUT2D eigenvalue weighted by Crippen LogP contribution is 2.20. The van der Waals surface area contributed by atoms with Gasteiger partial charge in [-0.15, -0.1) is 0 Å². The van der Waals surface area contributed by atoms with Crippen molar-refractivity contribution in [3.05, 3.63) is 59.4 Å². The fourth-order valence-electron chi connectivity index (χ4n) is 3.39. The van der Waals surface area contributed by atoms with Crippen LogP contribution >= 0.6 is 0 Å². The smallest absolute Gasteiger partial charge is 0.252 e. The Bertz CT molecular complexity index is 732. The van der Waals surface area contributed by atoms with Crippen molar-refractivity contribution in [2.24, 2.45) is 5.92 Å². The summed E-state index contributed by atoms with van der Waals surface area (Å²) in [7, 11) is 0. The summed E-state index contributed by atoms with van der Waals surface area (Å²) in [6.45, 7) is 5.47. The number of rotatable bonds is 5. The van der Waals surface area contributed by atoms with Crippen LogP contribution in [0.3, 0.4) is 0 Å². The number of aromatic hydroxyl groups is 1. The van der Waals surface area contributed by atoms with Crippen LogP contribution in [0.2, 0.25) is 0 Å². The van der Waals surface area contributed by atoms with Gasteiger partial charge in [-0.2, -0.15) is 0 Å². The van der Waals surface area contributed by atoms with Gasteiger partial charge in [-0.1, -0.05) is 12.1 Å². The molecule has 132 valence electrons. The fraction of sp³-hybridized carbons (Fsp3) is 0.400. The van der Waals surface area contributed by atoms with E-state index in [1.165, 1.54) is 0 Å². The molecule has 2 N–H and O–H groups in total. The predicted molar refractivity (Wildman–Crippen MR) is 97.4 cm³/mol. The number of hydrogen-bond donors (Lipinski definition) is 2. The average Bonchev–Trinajstić information content (AvgIpc) is 2.60. The van der Waals surface area contributed by atoms with Gasteiger partial charge in [-0.25, -0.2) is 0 Å². The van der Waals surface area contributed by atoms with E-state index in [9.17, 15) is 9.90 Å². The molecular weight excluding hydrogens is 314 g/mol. The largest absolute Gasteiger partial charge is 0.508 e.